The highest BCUT2D eigenvalue weighted by Crippen LogP contribution is 2.78. The van der Waals surface area contributed by atoms with Crippen LogP contribution in [0.1, 0.15) is 39.7 Å². The summed E-state index contributed by atoms with van der Waals surface area (Å²) in [6.07, 6.45) is 2.51. The van der Waals surface area contributed by atoms with Crippen molar-refractivity contribution >= 4 is 55.4 Å². The number of Topliss-reactive ketones (excluding diaryl/α,β-unsaturated/α-hetero) is 1. The van der Waals surface area contributed by atoms with Gasteiger partial charge in [0.25, 0.3) is 0 Å². The number of rotatable bonds is 7. The third-order valence-corrected chi connectivity index (χ3v) is 12.0. The number of benzene rings is 1. The van der Waals surface area contributed by atoms with Crippen molar-refractivity contribution in [2.75, 3.05) is 20.0 Å². The summed E-state index contributed by atoms with van der Waals surface area (Å²) in [7, 11) is -1.61. The zero-order valence-electron chi connectivity index (χ0n) is 21.4. The number of ketones is 1. The number of methoxy groups -OCH3 is 2. The minimum Gasteiger partial charge on any atom is -0.382 e. The molecule has 4 atom stereocenters. The molecule has 1 aromatic rings. The van der Waals surface area contributed by atoms with Crippen molar-refractivity contribution in [3.8, 4) is 0 Å². The number of ether oxygens (including phenoxy) is 2. The second kappa shape index (κ2) is 8.93. The zero-order valence-corrected chi connectivity index (χ0v) is 25.2. The molecule has 3 unspecified atom stereocenters. The van der Waals surface area contributed by atoms with Gasteiger partial charge in [-0.15, -0.1) is 0 Å². The second-order valence-corrected chi connectivity index (χ2v) is 13.7. The monoisotopic (exact) mass is 646 g/mol. The zero-order chi connectivity index (χ0) is 26.9. The van der Waals surface area contributed by atoms with Crippen LogP contribution in [0.4, 0.5) is 0 Å². The summed E-state index contributed by atoms with van der Waals surface area (Å²) in [5.41, 5.74) is -2.69. The highest BCUT2D eigenvalue weighted by atomic mass is 127. The average molecular weight is 647 g/mol. The van der Waals surface area contributed by atoms with Crippen LogP contribution in [0.3, 0.4) is 0 Å². The van der Waals surface area contributed by atoms with E-state index in [1.54, 1.807) is 26.0 Å². The van der Waals surface area contributed by atoms with E-state index in [9.17, 15) is 18.0 Å². The average Bonchev–Trinajstić information content (AvgIpc) is 3.19. The highest BCUT2D eigenvalue weighted by Gasteiger charge is 2.84. The van der Waals surface area contributed by atoms with Crippen molar-refractivity contribution in [2.24, 2.45) is 22.2 Å². The molecule has 4 aliphatic rings. The maximum absolute atomic E-state index is 14.4. The first-order valence-corrected chi connectivity index (χ1v) is 15.2. The van der Waals surface area contributed by atoms with Gasteiger partial charge in [0.1, 0.15) is 16.1 Å². The number of allylic oxidation sites excluding steroid dienone is 3. The molecular formula is C26H31IO7S2. The van der Waals surface area contributed by atoms with Crippen molar-refractivity contribution < 1.29 is 31.7 Å². The molecular weight excluding hydrogens is 615 g/mol. The van der Waals surface area contributed by atoms with Crippen LogP contribution in [0.15, 0.2) is 50.1 Å². The fourth-order valence-corrected chi connectivity index (χ4v) is 10.2. The molecule has 0 heterocycles. The number of thioether (sulfide) groups is 1. The molecule has 0 aromatic heterocycles. The second-order valence-electron chi connectivity index (χ2n) is 9.88. The molecule has 7 nitrogen and oxygen atoms in total. The van der Waals surface area contributed by atoms with E-state index >= 15 is 0 Å². The number of hydrogen-bond donors (Lipinski definition) is 0. The molecule has 1 spiro atoms. The van der Waals surface area contributed by atoms with Gasteiger partial charge in [0.05, 0.1) is 10.8 Å². The molecule has 10 heteroatoms. The molecule has 1 saturated carbocycles. The summed E-state index contributed by atoms with van der Waals surface area (Å²) in [6.45, 7) is 9.07. The lowest BCUT2D eigenvalue weighted by molar-refractivity contribution is -0.287. The van der Waals surface area contributed by atoms with Crippen LogP contribution in [-0.4, -0.2) is 45.1 Å². The van der Waals surface area contributed by atoms with Gasteiger partial charge < -0.3 is 13.7 Å². The third-order valence-electron chi connectivity index (χ3n) is 8.45. The minimum absolute atomic E-state index is 0.0189. The van der Waals surface area contributed by atoms with Crippen LogP contribution in [0.25, 0.3) is 0 Å². The molecule has 0 radical (unpaired) electrons. The molecule has 36 heavy (non-hydrogen) atoms. The molecule has 0 aliphatic heterocycles. The van der Waals surface area contributed by atoms with Gasteiger partial charge in [-0.2, -0.15) is 8.42 Å². The Morgan fingerprint density at radius 2 is 1.75 bits per heavy atom. The number of aryl methyl sites for hydroxylation is 1. The van der Waals surface area contributed by atoms with E-state index in [-0.39, 0.29) is 27.5 Å². The third kappa shape index (κ3) is 3.08. The number of fused-ring (bicyclic) bond motifs is 1. The van der Waals surface area contributed by atoms with Crippen LogP contribution in [0.2, 0.25) is 0 Å². The summed E-state index contributed by atoms with van der Waals surface area (Å²) in [5.74, 6) is -2.02. The standard InChI is InChI=1S/C26H31IO7S2/c1-8-35-22(29)23(4)18-14-11-16(3)25(18)19(27)20(24(23,5)26(32-6,33-7)21(25)28)34-36(30,31)17-12-9-15(2)10-13-17/h9-10,12-14,16H,8,11H2,1-7H3/t16-,23?,24?,25?/m0/s1. The number of halogens is 1. The van der Waals surface area contributed by atoms with E-state index in [4.69, 9.17) is 13.7 Å². The van der Waals surface area contributed by atoms with Crippen LogP contribution in [0.5, 0.6) is 0 Å². The smallest absolute Gasteiger partial charge is 0.338 e. The molecule has 2 bridgehead atoms. The van der Waals surface area contributed by atoms with Gasteiger partial charge >= 0.3 is 10.1 Å². The highest BCUT2D eigenvalue weighted by molar-refractivity contribution is 14.1. The van der Waals surface area contributed by atoms with Crippen LogP contribution in [0, 0.1) is 29.1 Å². The van der Waals surface area contributed by atoms with Crippen LogP contribution < -0.4 is 0 Å². The molecule has 5 rings (SSSR count). The van der Waals surface area contributed by atoms with E-state index in [1.807, 2.05) is 49.4 Å². The van der Waals surface area contributed by atoms with Crippen molar-refractivity contribution in [2.45, 2.75) is 51.7 Å². The molecule has 0 saturated heterocycles. The molecule has 4 aliphatic carbocycles. The van der Waals surface area contributed by atoms with E-state index < -0.39 is 32.2 Å². The molecule has 196 valence electrons. The summed E-state index contributed by atoms with van der Waals surface area (Å²) in [5, 5.41) is -0.194. The Kier molecular flexibility index (Phi) is 6.90. The van der Waals surface area contributed by atoms with Crippen molar-refractivity contribution in [3.05, 3.63) is 50.8 Å². The summed E-state index contributed by atoms with van der Waals surface area (Å²) in [4.78, 5) is 28.4. The first-order valence-electron chi connectivity index (χ1n) is 11.7. The summed E-state index contributed by atoms with van der Waals surface area (Å²) in [6, 6.07) is 6.33. The molecule has 1 aromatic carbocycles. The number of hydrogen-bond acceptors (Lipinski definition) is 8. The number of carbonyl (C=O) groups excluding carboxylic acids is 2. The Morgan fingerprint density at radius 3 is 2.28 bits per heavy atom. The number of carbonyl (C=O) groups is 2. The van der Waals surface area contributed by atoms with Gasteiger partial charge in [-0.3, -0.25) is 9.59 Å². The lowest BCUT2D eigenvalue weighted by Gasteiger charge is -2.66. The van der Waals surface area contributed by atoms with E-state index in [0.717, 1.165) is 17.3 Å². The van der Waals surface area contributed by atoms with Gasteiger partial charge in [-0.25, -0.2) is 0 Å². The van der Waals surface area contributed by atoms with E-state index in [1.165, 1.54) is 26.4 Å². The molecule has 0 amide bonds. The van der Waals surface area contributed by atoms with Crippen molar-refractivity contribution in [1.82, 2.24) is 0 Å². The van der Waals surface area contributed by atoms with Crippen molar-refractivity contribution in [3.63, 3.8) is 0 Å². The first kappa shape index (κ1) is 27.8. The Balaban J connectivity index is 2.10. The quantitative estimate of drug-likeness (QED) is 0.173. The minimum atomic E-state index is -4.31. The summed E-state index contributed by atoms with van der Waals surface area (Å²) >= 11 is 3.17. The Hall–Kier alpha value is -1.21. The van der Waals surface area contributed by atoms with Crippen LogP contribution in [-0.2, 0) is 33.4 Å². The van der Waals surface area contributed by atoms with Gasteiger partial charge in [-0.05, 0) is 79.2 Å². The topological polar surface area (TPSA) is 96.0 Å². The predicted molar refractivity (Wildman–Crippen MR) is 146 cm³/mol. The fraction of sp³-hybridized carbons (Fsp3) is 0.538. The first-order chi connectivity index (χ1) is 16.8. The maximum Gasteiger partial charge on any atom is 0.338 e. The van der Waals surface area contributed by atoms with Crippen molar-refractivity contribution in [1.29, 1.82) is 0 Å². The largest absolute Gasteiger partial charge is 0.382 e. The van der Waals surface area contributed by atoms with Gasteiger partial charge in [-0.1, -0.05) is 49.4 Å². The van der Waals surface area contributed by atoms with Gasteiger partial charge in [0, 0.05) is 17.8 Å². The lowest BCUT2D eigenvalue weighted by atomic mass is 9.40. The fourth-order valence-electron chi connectivity index (χ4n) is 6.39. The van der Waals surface area contributed by atoms with Crippen LogP contribution >= 0.6 is 34.4 Å². The predicted octanol–water partition coefficient (Wildman–Crippen LogP) is 5.18. The maximum atomic E-state index is 14.4. The van der Waals surface area contributed by atoms with Gasteiger partial charge in [0.15, 0.2) is 5.12 Å². The molecule has 1 fully saturated rings. The molecule has 0 N–H and O–H groups in total. The summed E-state index contributed by atoms with van der Waals surface area (Å²) < 4.78 is 45.4. The van der Waals surface area contributed by atoms with Gasteiger partial charge in [0.2, 0.25) is 11.6 Å². The SMILES string of the molecule is CCSC(=O)C1(C)C2=CC[C@H](C)C23C(=O)C(OC)(OC)C1(C)C(OS(=O)(=O)c1ccc(C)cc1)=C3I. The van der Waals surface area contributed by atoms with E-state index in [0.29, 0.717) is 21.3 Å². The van der Waals surface area contributed by atoms with E-state index in [2.05, 4.69) is 0 Å². The Morgan fingerprint density at radius 1 is 1.17 bits per heavy atom. The normalized spacial score (nSPS) is 32.9. The Bertz CT molecular complexity index is 1300. The lowest BCUT2D eigenvalue weighted by Crippen LogP contribution is -2.77. The Labute approximate surface area is 230 Å².